The lowest BCUT2D eigenvalue weighted by molar-refractivity contribution is -0.0661. The molecular formula is C37H28N6O8. The molecule has 4 unspecified atom stereocenters. The summed E-state index contributed by atoms with van der Waals surface area (Å²) < 4.78 is 25.2. The number of benzene rings is 4. The van der Waals surface area contributed by atoms with Crippen LogP contribution in [0.25, 0.3) is 11.2 Å². The summed E-state index contributed by atoms with van der Waals surface area (Å²) in [4.78, 5) is 61.4. The second kappa shape index (κ2) is 14.8. The molecule has 1 N–H and O–H groups in total. The second-order valence-electron chi connectivity index (χ2n) is 11.3. The average Bonchev–Trinajstić information content (AvgIpc) is 3.76. The van der Waals surface area contributed by atoms with Crippen molar-refractivity contribution in [3.05, 3.63) is 150 Å². The van der Waals surface area contributed by atoms with E-state index in [2.05, 4.69) is 25.6 Å². The highest BCUT2D eigenvalue weighted by atomic mass is 16.7. The van der Waals surface area contributed by atoms with Crippen molar-refractivity contribution in [2.45, 2.75) is 24.5 Å². The van der Waals surface area contributed by atoms with Crippen LogP contribution in [0.2, 0.25) is 0 Å². The van der Waals surface area contributed by atoms with Crippen LogP contribution in [0.4, 0.5) is 5.82 Å². The molecule has 1 fully saturated rings. The van der Waals surface area contributed by atoms with E-state index in [1.807, 2.05) is 0 Å². The third kappa shape index (κ3) is 7.16. The van der Waals surface area contributed by atoms with Gasteiger partial charge in [-0.25, -0.2) is 24.4 Å². The number of hydrogen-bond donors (Lipinski definition) is 1. The molecule has 14 nitrogen and oxygen atoms in total. The normalized spacial score (nSPS) is 18.1. The van der Waals surface area contributed by atoms with E-state index in [0.29, 0.717) is 11.1 Å². The van der Waals surface area contributed by atoms with Crippen molar-refractivity contribution in [2.24, 2.45) is 0 Å². The van der Waals surface area contributed by atoms with Crippen LogP contribution in [-0.2, 0) is 18.9 Å². The Morgan fingerprint density at radius 1 is 0.647 bits per heavy atom. The first-order valence-corrected chi connectivity index (χ1v) is 15.8. The molecule has 14 heteroatoms. The molecule has 51 heavy (non-hydrogen) atoms. The number of nitrogens with zero attached hydrogens (tertiary/aromatic N) is 5. The van der Waals surface area contributed by atoms with Crippen LogP contribution in [0.15, 0.2) is 128 Å². The van der Waals surface area contributed by atoms with Crippen LogP contribution in [0.3, 0.4) is 0 Å². The third-order valence-corrected chi connectivity index (χ3v) is 7.95. The van der Waals surface area contributed by atoms with E-state index >= 15 is 0 Å². The molecule has 0 aliphatic carbocycles. The zero-order chi connectivity index (χ0) is 35.2. The highest BCUT2D eigenvalue weighted by Crippen LogP contribution is 2.36. The molecule has 4 atom stereocenters. The van der Waals surface area contributed by atoms with Crippen LogP contribution in [0.5, 0.6) is 0 Å². The van der Waals surface area contributed by atoms with Crippen LogP contribution < -0.4 is 5.32 Å². The lowest BCUT2D eigenvalue weighted by atomic mass is 10.1. The molecule has 6 aromatic rings. The van der Waals surface area contributed by atoms with Gasteiger partial charge in [0.1, 0.15) is 19.0 Å². The number of esters is 3. The predicted molar refractivity (Wildman–Crippen MR) is 179 cm³/mol. The Morgan fingerprint density at radius 2 is 1.16 bits per heavy atom. The number of ether oxygens (including phenoxy) is 4. The number of hydrogen-bond acceptors (Lipinski definition) is 12. The predicted octanol–water partition coefficient (Wildman–Crippen LogP) is 4.68. The van der Waals surface area contributed by atoms with E-state index < -0.39 is 55.0 Å². The summed E-state index contributed by atoms with van der Waals surface area (Å²) in [6, 6.07) is 33.3. The summed E-state index contributed by atoms with van der Waals surface area (Å²) >= 11 is 0. The monoisotopic (exact) mass is 684 g/mol. The molecule has 2 aromatic heterocycles. The molecule has 1 aliphatic rings. The maximum Gasteiger partial charge on any atom is 0.338 e. The van der Waals surface area contributed by atoms with Gasteiger partial charge in [-0.2, -0.15) is 4.68 Å². The number of anilines is 1. The highest BCUT2D eigenvalue weighted by Gasteiger charge is 2.52. The standard InChI is InChI=1S/C37H28N6O8/c44-33(23-13-5-1-6-14-23)40-31-28-32(39-22-38-31)43(42-41-28)34-30(51-37(47)26-19-11-4-12-20-26)29(50-36(46)25-17-9-3-10-18-25)27(49-34)21-48-35(45)24-15-7-2-8-16-24/h1-20,22,27,29-30,34H,21H2,(H,38,39,40,44). The summed E-state index contributed by atoms with van der Waals surface area (Å²) in [7, 11) is 0. The minimum Gasteiger partial charge on any atom is -0.459 e. The van der Waals surface area contributed by atoms with E-state index in [9.17, 15) is 19.2 Å². The van der Waals surface area contributed by atoms with E-state index in [1.54, 1.807) is 121 Å². The van der Waals surface area contributed by atoms with Crippen molar-refractivity contribution in [1.29, 1.82) is 0 Å². The van der Waals surface area contributed by atoms with Gasteiger partial charge in [0.05, 0.1) is 16.7 Å². The summed E-state index contributed by atoms with van der Waals surface area (Å²) in [5, 5.41) is 11.2. The number of carbonyl (C=O) groups is 4. The number of amides is 1. The zero-order valence-electron chi connectivity index (χ0n) is 26.6. The number of carbonyl (C=O) groups excluding carboxylic acids is 4. The van der Waals surface area contributed by atoms with Crippen LogP contribution >= 0.6 is 0 Å². The number of fused-ring (bicyclic) bond motifs is 1. The first-order valence-electron chi connectivity index (χ1n) is 15.8. The van der Waals surface area contributed by atoms with Crippen molar-refractivity contribution in [1.82, 2.24) is 25.0 Å². The molecule has 0 bridgehead atoms. The van der Waals surface area contributed by atoms with Gasteiger partial charge in [-0.1, -0.05) is 78.0 Å². The van der Waals surface area contributed by atoms with E-state index in [4.69, 9.17) is 18.9 Å². The van der Waals surface area contributed by atoms with Crippen LogP contribution in [0.1, 0.15) is 47.7 Å². The first-order chi connectivity index (χ1) is 25.0. The largest absolute Gasteiger partial charge is 0.459 e. The zero-order valence-corrected chi connectivity index (χ0v) is 26.6. The van der Waals surface area contributed by atoms with Crippen molar-refractivity contribution >= 4 is 40.8 Å². The van der Waals surface area contributed by atoms with Crippen molar-refractivity contribution in [2.75, 3.05) is 11.9 Å². The number of rotatable bonds is 10. The molecule has 254 valence electrons. The molecule has 0 saturated carbocycles. The van der Waals surface area contributed by atoms with Gasteiger partial charge in [-0.15, -0.1) is 5.10 Å². The van der Waals surface area contributed by atoms with E-state index in [-0.39, 0.29) is 28.1 Å². The van der Waals surface area contributed by atoms with Gasteiger partial charge in [-0.3, -0.25) is 4.79 Å². The van der Waals surface area contributed by atoms with E-state index in [1.165, 1.54) is 11.0 Å². The Morgan fingerprint density at radius 3 is 1.73 bits per heavy atom. The Kier molecular flexibility index (Phi) is 9.47. The quantitative estimate of drug-likeness (QED) is 0.156. The summed E-state index contributed by atoms with van der Waals surface area (Å²) in [5.74, 6) is -2.50. The molecule has 3 heterocycles. The maximum atomic E-state index is 13.5. The molecule has 0 radical (unpaired) electrons. The van der Waals surface area contributed by atoms with Gasteiger partial charge in [-0.05, 0) is 48.5 Å². The number of aromatic nitrogens is 5. The first kappa shape index (κ1) is 32.7. The van der Waals surface area contributed by atoms with Crippen molar-refractivity contribution < 1.29 is 38.1 Å². The molecule has 4 aromatic carbocycles. The molecule has 1 amide bonds. The van der Waals surface area contributed by atoms with Crippen molar-refractivity contribution in [3.63, 3.8) is 0 Å². The molecular weight excluding hydrogens is 656 g/mol. The fourth-order valence-electron chi connectivity index (χ4n) is 5.45. The Balaban J connectivity index is 1.25. The summed E-state index contributed by atoms with van der Waals surface area (Å²) in [6.45, 7) is -0.393. The number of nitrogens with one attached hydrogen (secondary N) is 1. The Bertz CT molecular complexity index is 2170. The molecule has 1 saturated heterocycles. The van der Waals surface area contributed by atoms with Crippen LogP contribution in [0, 0.1) is 0 Å². The van der Waals surface area contributed by atoms with Crippen LogP contribution in [-0.4, -0.2) is 73.7 Å². The Labute approximate surface area is 290 Å². The van der Waals surface area contributed by atoms with Gasteiger partial charge >= 0.3 is 17.9 Å². The molecule has 1 aliphatic heterocycles. The lowest BCUT2D eigenvalue weighted by Crippen LogP contribution is -2.41. The van der Waals surface area contributed by atoms with Crippen molar-refractivity contribution in [3.8, 4) is 0 Å². The van der Waals surface area contributed by atoms with Gasteiger partial charge < -0.3 is 24.3 Å². The summed E-state index contributed by atoms with van der Waals surface area (Å²) in [6.07, 6.45) is -3.91. The summed E-state index contributed by atoms with van der Waals surface area (Å²) in [5.41, 5.74) is 1.34. The van der Waals surface area contributed by atoms with Gasteiger partial charge in [0.2, 0.25) is 0 Å². The fourth-order valence-corrected chi connectivity index (χ4v) is 5.45. The fraction of sp³-hybridized carbons (Fsp3) is 0.135. The SMILES string of the molecule is O=C(Nc1ncnc2c1nnn2C1OC(COC(=O)c2ccccc2)C(OC(=O)c2ccccc2)C1OC(=O)c1ccccc1)c1ccccc1. The molecule has 0 spiro atoms. The van der Waals surface area contributed by atoms with E-state index in [0.717, 1.165) is 0 Å². The minimum atomic E-state index is -1.35. The Hall–Kier alpha value is -6.80. The minimum absolute atomic E-state index is 0.0660. The van der Waals surface area contributed by atoms with Gasteiger partial charge in [0, 0.05) is 5.56 Å². The molecule has 7 rings (SSSR count). The third-order valence-electron chi connectivity index (χ3n) is 7.95. The van der Waals surface area contributed by atoms with Gasteiger partial charge in [0.15, 0.2) is 35.4 Å². The maximum absolute atomic E-state index is 13.5. The average molecular weight is 685 g/mol. The second-order valence-corrected chi connectivity index (χ2v) is 11.3. The lowest BCUT2D eigenvalue weighted by Gasteiger charge is -2.24. The highest BCUT2D eigenvalue weighted by molar-refractivity contribution is 6.06. The smallest absolute Gasteiger partial charge is 0.338 e. The topological polar surface area (TPSA) is 174 Å². The van der Waals surface area contributed by atoms with Gasteiger partial charge in [0.25, 0.3) is 5.91 Å².